The summed E-state index contributed by atoms with van der Waals surface area (Å²) in [6.45, 7) is 6.93. The molecule has 0 aromatic heterocycles. The Morgan fingerprint density at radius 1 is 1.25 bits per heavy atom. The predicted octanol–water partition coefficient (Wildman–Crippen LogP) is 2.08. The van der Waals surface area contributed by atoms with Gasteiger partial charge in [0.25, 0.3) is 0 Å². The number of nitrogens with zero attached hydrogens (tertiary/aromatic N) is 2. The van der Waals surface area contributed by atoms with Crippen molar-refractivity contribution in [3.63, 3.8) is 0 Å². The molecule has 1 fully saturated rings. The van der Waals surface area contributed by atoms with E-state index in [0.717, 1.165) is 51.6 Å². The Labute approximate surface area is 124 Å². The second-order valence-electron chi connectivity index (χ2n) is 6.43. The number of carbonyl (C=O) groups is 1. The van der Waals surface area contributed by atoms with E-state index in [0.29, 0.717) is 12.6 Å². The van der Waals surface area contributed by atoms with Gasteiger partial charge in [-0.1, -0.05) is 26.7 Å². The summed E-state index contributed by atoms with van der Waals surface area (Å²) in [5, 5.41) is 0. The van der Waals surface area contributed by atoms with E-state index in [4.69, 9.17) is 5.73 Å². The lowest BCUT2D eigenvalue weighted by atomic mass is 9.77. The molecule has 2 N–H and O–H groups in total. The van der Waals surface area contributed by atoms with E-state index in [1.165, 1.54) is 0 Å². The lowest BCUT2D eigenvalue weighted by molar-refractivity contribution is -0.144. The van der Waals surface area contributed by atoms with Crippen LogP contribution in [-0.2, 0) is 4.79 Å². The summed E-state index contributed by atoms with van der Waals surface area (Å²) in [6.07, 6.45) is 6.02. The lowest BCUT2D eigenvalue weighted by Crippen LogP contribution is -2.52. The normalized spacial score (nSPS) is 18.2. The maximum atomic E-state index is 13.0. The van der Waals surface area contributed by atoms with Crippen molar-refractivity contribution < 1.29 is 4.79 Å². The maximum Gasteiger partial charge on any atom is 0.230 e. The molecule has 0 bridgehead atoms. The molecule has 0 aromatic carbocycles. The minimum absolute atomic E-state index is 0.276. The van der Waals surface area contributed by atoms with E-state index in [9.17, 15) is 4.79 Å². The molecule has 0 atom stereocenters. The molecule has 0 radical (unpaired) electrons. The molecule has 4 heteroatoms. The van der Waals surface area contributed by atoms with Gasteiger partial charge in [0.05, 0.1) is 5.41 Å². The van der Waals surface area contributed by atoms with Crippen molar-refractivity contribution in [2.45, 2.75) is 58.4 Å². The molecule has 1 rings (SSSR count). The SMILES string of the molecule is CCCC(CN)(CCC)C(=O)N(C)C1CCN(C)CC1. The number of hydrogen-bond donors (Lipinski definition) is 1. The monoisotopic (exact) mass is 283 g/mol. The Morgan fingerprint density at radius 3 is 2.15 bits per heavy atom. The first-order valence-corrected chi connectivity index (χ1v) is 8.16. The van der Waals surface area contributed by atoms with E-state index in [1.54, 1.807) is 0 Å². The highest BCUT2D eigenvalue weighted by atomic mass is 16.2. The molecule has 0 spiro atoms. The number of nitrogens with two attached hydrogens (primary N) is 1. The summed E-state index contributed by atoms with van der Waals surface area (Å²) >= 11 is 0. The van der Waals surface area contributed by atoms with Crippen molar-refractivity contribution in [2.24, 2.45) is 11.1 Å². The Balaban J connectivity index is 2.77. The van der Waals surface area contributed by atoms with Crippen molar-refractivity contribution in [3.05, 3.63) is 0 Å². The molecular weight excluding hydrogens is 250 g/mol. The summed E-state index contributed by atoms with van der Waals surface area (Å²) in [5.74, 6) is 0.276. The predicted molar refractivity (Wildman–Crippen MR) is 84.6 cm³/mol. The highest BCUT2D eigenvalue weighted by molar-refractivity contribution is 5.83. The van der Waals surface area contributed by atoms with Crippen LogP contribution in [-0.4, -0.2) is 55.5 Å². The Kier molecular flexibility index (Phi) is 6.96. The lowest BCUT2D eigenvalue weighted by Gasteiger charge is -2.41. The largest absolute Gasteiger partial charge is 0.342 e. The summed E-state index contributed by atoms with van der Waals surface area (Å²) in [6, 6.07) is 0.387. The third kappa shape index (κ3) is 3.95. The number of rotatable bonds is 7. The van der Waals surface area contributed by atoms with Crippen LogP contribution < -0.4 is 5.73 Å². The van der Waals surface area contributed by atoms with Crippen LogP contribution in [0.5, 0.6) is 0 Å². The molecule has 1 aliphatic rings. The summed E-state index contributed by atoms with van der Waals surface area (Å²) in [7, 11) is 4.13. The van der Waals surface area contributed by atoms with Crippen LogP contribution in [0.25, 0.3) is 0 Å². The minimum Gasteiger partial charge on any atom is -0.342 e. The molecule has 20 heavy (non-hydrogen) atoms. The van der Waals surface area contributed by atoms with Crippen LogP contribution in [0.15, 0.2) is 0 Å². The average molecular weight is 283 g/mol. The van der Waals surface area contributed by atoms with E-state index in [2.05, 4.69) is 25.8 Å². The summed E-state index contributed by atoms with van der Waals surface area (Å²) in [5.41, 5.74) is 5.68. The zero-order valence-electron chi connectivity index (χ0n) is 13.8. The number of piperidine rings is 1. The molecule has 118 valence electrons. The van der Waals surface area contributed by atoms with Crippen LogP contribution in [0.1, 0.15) is 52.4 Å². The van der Waals surface area contributed by atoms with Crippen LogP contribution in [0.3, 0.4) is 0 Å². The van der Waals surface area contributed by atoms with Crippen molar-refractivity contribution in [2.75, 3.05) is 33.7 Å². The number of amides is 1. The van der Waals surface area contributed by atoms with Gasteiger partial charge in [-0.2, -0.15) is 0 Å². The van der Waals surface area contributed by atoms with Gasteiger partial charge in [0, 0.05) is 19.6 Å². The Hall–Kier alpha value is -0.610. The second-order valence-corrected chi connectivity index (χ2v) is 6.43. The number of hydrogen-bond acceptors (Lipinski definition) is 3. The smallest absolute Gasteiger partial charge is 0.230 e. The Bertz CT molecular complexity index is 292. The van der Waals surface area contributed by atoms with Crippen LogP contribution in [0.4, 0.5) is 0 Å². The summed E-state index contributed by atoms with van der Waals surface area (Å²) < 4.78 is 0. The Morgan fingerprint density at radius 2 is 1.75 bits per heavy atom. The first kappa shape index (κ1) is 17.4. The molecule has 0 saturated carbocycles. The van der Waals surface area contributed by atoms with Gasteiger partial charge in [-0.05, 0) is 45.8 Å². The van der Waals surface area contributed by atoms with Gasteiger partial charge in [0.2, 0.25) is 5.91 Å². The molecular formula is C16H33N3O. The van der Waals surface area contributed by atoms with Crippen molar-refractivity contribution in [1.82, 2.24) is 9.80 Å². The fourth-order valence-electron chi connectivity index (χ4n) is 3.51. The first-order valence-electron chi connectivity index (χ1n) is 8.16. The zero-order valence-corrected chi connectivity index (χ0v) is 13.8. The summed E-state index contributed by atoms with van der Waals surface area (Å²) in [4.78, 5) is 17.3. The van der Waals surface area contributed by atoms with Crippen molar-refractivity contribution >= 4 is 5.91 Å². The van der Waals surface area contributed by atoms with Crippen LogP contribution in [0.2, 0.25) is 0 Å². The van der Waals surface area contributed by atoms with E-state index < -0.39 is 0 Å². The van der Waals surface area contributed by atoms with Gasteiger partial charge in [0.15, 0.2) is 0 Å². The fourth-order valence-corrected chi connectivity index (χ4v) is 3.51. The van der Waals surface area contributed by atoms with E-state index >= 15 is 0 Å². The van der Waals surface area contributed by atoms with Gasteiger partial charge < -0.3 is 15.5 Å². The first-order chi connectivity index (χ1) is 9.50. The molecule has 1 heterocycles. The molecule has 0 unspecified atom stereocenters. The van der Waals surface area contributed by atoms with Crippen LogP contribution in [0, 0.1) is 5.41 Å². The highest BCUT2D eigenvalue weighted by Crippen LogP contribution is 2.32. The molecule has 4 nitrogen and oxygen atoms in total. The molecule has 1 amide bonds. The van der Waals surface area contributed by atoms with Gasteiger partial charge >= 0.3 is 0 Å². The second kappa shape index (κ2) is 7.99. The third-order valence-electron chi connectivity index (χ3n) is 4.86. The van der Waals surface area contributed by atoms with E-state index in [1.807, 2.05) is 11.9 Å². The molecule has 0 aliphatic carbocycles. The molecule has 1 aliphatic heterocycles. The number of likely N-dealkylation sites (tertiary alicyclic amines) is 1. The molecule has 0 aromatic rings. The standard InChI is InChI=1S/C16H33N3O/c1-5-9-16(13-17,10-6-2)15(20)19(4)14-7-11-18(3)12-8-14/h14H,5-13,17H2,1-4H3. The fraction of sp³-hybridized carbons (Fsp3) is 0.938. The van der Waals surface area contributed by atoms with Crippen LogP contribution >= 0.6 is 0 Å². The molecule has 1 saturated heterocycles. The third-order valence-corrected chi connectivity index (χ3v) is 4.86. The van der Waals surface area contributed by atoms with Gasteiger partial charge in [-0.25, -0.2) is 0 Å². The number of carbonyl (C=O) groups excluding carboxylic acids is 1. The van der Waals surface area contributed by atoms with Gasteiger partial charge in [-0.3, -0.25) is 4.79 Å². The highest BCUT2D eigenvalue weighted by Gasteiger charge is 2.39. The topological polar surface area (TPSA) is 49.6 Å². The average Bonchev–Trinajstić information content (AvgIpc) is 2.46. The minimum atomic E-state index is -0.332. The maximum absolute atomic E-state index is 13.0. The van der Waals surface area contributed by atoms with Gasteiger partial charge in [-0.15, -0.1) is 0 Å². The van der Waals surface area contributed by atoms with Crippen molar-refractivity contribution in [1.29, 1.82) is 0 Å². The van der Waals surface area contributed by atoms with E-state index in [-0.39, 0.29) is 11.3 Å². The van der Waals surface area contributed by atoms with Crippen molar-refractivity contribution in [3.8, 4) is 0 Å². The quantitative estimate of drug-likeness (QED) is 0.778. The van der Waals surface area contributed by atoms with Gasteiger partial charge in [0.1, 0.15) is 0 Å². The zero-order chi connectivity index (χ0) is 15.2.